The lowest BCUT2D eigenvalue weighted by Crippen LogP contribution is -2.24. The van der Waals surface area contributed by atoms with Crippen LogP contribution in [0.25, 0.3) is 0 Å². The van der Waals surface area contributed by atoms with Gasteiger partial charge in [0.2, 0.25) is 0 Å². The highest BCUT2D eigenvalue weighted by molar-refractivity contribution is 4.57. The Balaban J connectivity index is 3.09. The van der Waals surface area contributed by atoms with E-state index in [-0.39, 0.29) is 6.61 Å². The Labute approximate surface area is 63.6 Å². The maximum Gasteiger partial charge on any atom is 0.0946 e. The summed E-state index contributed by atoms with van der Waals surface area (Å²) in [5, 5.41) is 13.1. The molecule has 1 radical (unpaired) electrons. The Morgan fingerprint density at radius 3 is 2.30 bits per heavy atom. The fourth-order valence-electron chi connectivity index (χ4n) is 0.956. The average Bonchev–Trinajstić information content (AvgIpc) is 1.99. The van der Waals surface area contributed by atoms with Crippen molar-refractivity contribution in [2.24, 2.45) is 5.92 Å². The van der Waals surface area contributed by atoms with Crippen LogP contribution in [0.4, 0.5) is 0 Å². The Hall–Kier alpha value is -0.0800. The first-order valence-corrected chi connectivity index (χ1v) is 4.13. The van der Waals surface area contributed by atoms with Gasteiger partial charge in [-0.15, -0.1) is 0 Å². The summed E-state index contributed by atoms with van der Waals surface area (Å²) in [5.74, 6) is 0.756. The van der Waals surface area contributed by atoms with Crippen LogP contribution in [-0.2, 0) is 5.11 Å². The molecule has 0 bridgehead atoms. The van der Waals surface area contributed by atoms with E-state index < -0.39 is 0 Å². The Morgan fingerprint density at radius 1 is 1.30 bits per heavy atom. The van der Waals surface area contributed by atoms with Gasteiger partial charge in [-0.05, 0) is 12.5 Å². The van der Waals surface area contributed by atoms with Gasteiger partial charge in [0.25, 0.3) is 0 Å². The second kappa shape index (κ2) is 7.03. The summed E-state index contributed by atoms with van der Waals surface area (Å²) in [4.78, 5) is 0. The van der Waals surface area contributed by atoms with Gasteiger partial charge in [0, 0.05) is 6.54 Å². The van der Waals surface area contributed by atoms with Crippen LogP contribution in [0.15, 0.2) is 0 Å². The second-order valence-electron chi connectivity index (χ2n) is 2.59. The topological polar surface area (TPSA) is 31.9 Å². The molecule has 2 heteroatoms. The molecule has 0 aromatic carbocycles. The minimum atomic E-state index is 0.000147. The quantitative estimate of drug-likeness (QED) is 0.562. The van der Waals surface area contributed by atoms with Gasteiger partial charge >= 0.3 is 0 Å². The molecule has 0 aromatic rings. The van der Waals surface area contributed by atoms with E-state index in [1.54, 1.807) is 0 Å². The highest BCUT2D eigenvalue weighted by Crippen LogP contribution is 2.04. The summed E-state index contributed by atoms with van der Waals surface area (Å²) in [6.45, 7) is 6.01. The maximum atomic E-state index is 10.0. The molecule has 0 atom stereocenters. The predicted octanol–water partition coefficient (Wildman–Crippen LogP) is 1.44. The van der Waals surface area contributed by atoms with Crippen LogP contribution in [0.1, 0.15) is 26.7 Å². The summed E-state index contributed by atoms with van der Waals surface area (Å²) >= 11 is 0. The van der Waals surface area contributed by atoms with Gasteiger partial charge in [0.15, 0.2) is 0 Å². The van der Waals surface area contributed by atoms with Crippen molar-refractivity contribution in [2.75, 3.05) is 19.7 Å². The first kappa shape index (κ1) is 9.92. The average molecular weight is 144 g/mol. The molecule has 1 N–H and O–H groups in total. The van der Waals surface area contributed by atoms with Gasteiger partial charge in [-0.3, -0.25) is 0 Å². The highest BCUT2D eigenvalue weighted by atomic mass is 16.3. The van der Waals surface area contributed by atoms with Crippen LogP contribution < -0.4 is 5.32 Å². The van der Waals surface area contributed by atoms with E-state index >= 15 is 0 Å². The molecular weight excluding hydrogens is 126 g/mol. The number of rotatable bonds is 6. The van der Waals surface area contributed by atoms with E-state index in [0.29, 0.717) is 6.54 Å². The first-order chi connectivity index (χ1) is 4.85. The molecule has 0 saturated heterocycles. The Bertz CT molecular complexity index is 62.3. The fourth-order valence-corrected chi connectivity index (χ4v) is 0.956. The monoisotopic (exact) mass is 144 g/mol. The van der Waals surface area contributed by atoms with E-state index in [2.05, 4.69) is 19.2 Å². The van der Waals surface area contributed by atoms with Crippen LogP contribution in [0.5, 0.6) is 0 Å². The molecule has 0 aliphatic carbocycles. The van der Waals surface area contributed by atoms with Gasteiger partial charge in [0.1, 0.15) is 0 Å². The van der Waals surface area contributed by atoms with Crippen molar-refractivity contribution in [1.82, 2.24) is 5.32 Å². The van der Waals surface area contributed by atoms with Crippen LogP contribution in [0.2, 0.25) is 0 Å². The number of hydrogen-bond acceptors (Lipinski definition) is 1. The van der Waals surface area contributed by atoms with E-state index in [1.165, 1.54) is 12.8 Å². The summed E-state index contributed by atoms with van der Waals surface area (Å²) in [5.41, 5.74) is 0. The fraction of sp³-hybridized carbons (Fsp3) is 1.00. The summed E-state index contributed by atoms with van der Waals surface area (Å²) in [6, 6.07) is 0. The van der Waals surface area contributed by atoms with E-state index in [1.807, 2.05) is 0 Å². The molecule has 0 aliphatic rings. The van der Waals surface area contributed by atoms with E-state index in [9.17, 15) is 5.11 Å². The van der Waals surface area contributed by atoms with Gasteiger partial charge in [-0.2, -0.15) is 0 Å². The van der Waals surface area contributed by atoms with Gasteiger partial charge in [0.05, 0.1) is 6.61 Å². The van der Waals surface area contributed by atoms with Crippen LogP contribution in [-0.4, -0.2) is 19.7 Å². The van der Waals surface area contributed by atoms with Crippen molar-refractivity contribution >= 4 is 0 Å². The summed E-state index contributed by atoms with van der Waals surface area (Å²) < 4.78 is 0. The molecule has 0 spiro atoms. The molecule has 10 heavy (non-hydrogen) atoms. The van der Waals surface area contributed by atoms with Crippen LogP contribution in [0.3, 0.4) is 0 Å². The molecule has 2 nitrogen and oxygen atoms in total. The molecule has 0 heterocycles. The smallest absolute Gasteiger partial charge is 0.0946 e. The van der Waals surface area contributed by atoms with Crippen molar-refractivity contribution in [3.63, 3.8) is 0 Å². The second-order valence-corrected chi connectivity index (χ2v) is 2.59. The Morgan fingerprint density at radius 2 is 1.90 bits per heavy atom. The third-order valence-corrected chi connectivity index (χ3v) is 1.87. The molecule has 0 aliphatic heterocycles. The lowest BCUT2D eigenvalue weighted by atomic mass is 10.0. The third-order valence-electron chi connectivity index (χ3n) is 1.87. The molecule has 0 rings (SSSR count). The number of nitrogens with one attached hydrogen (secondary N) is 1. The molecule has 0 saturated carbocycles. The lowest BCUT2D eigenvalue weighted by Gasteiger charge is -2.11. The first-order valence-electron chi connectivity index (χ1n) is 4.13. The number of hydrogen-bond donors (Lipinski definition) is 1. The zero-order valence-corrected chi connectivity index (χ0v) is 7.02. The minimum Gasteiger partial charge on any atom is -0.314 e. The third kappa shape index (κ3) is 4.77. The summed E-state index contributed by atoms with van der Waals surface area (Å²) in [7, 11) is 0. The van der Waals surface area contributed by atoms with Gasteiger partial charge in [-0.25, -0.2) is 5.11 Å². The predicted molar refractivity (Wildman–Crippen MR) is 42.5 cm³/mol. The van der Waals surface area contributed by atoms with E-state index in [0.717, 1.165) is 12.5 Å². The molecule has 0 unspecified atom stereocenters. The molecule has 61 valence electrons. The van der Waals surface area contributed by atoms with Crippen LogP contribution >= 0.6 is 0 Å². The van der Waals surface area contributed by atoms with E-state index in [4.69, 9.17) is 0 Å². The zero-order valence-electron chi connectivity index (χ0n) is 7.02. The normalized spacial score (nSPS) is 10.8. The van der Waals surface area contributed by atoms with Crippen LogP contribution in [0, 0.1) is 5.92 Å². The van der Waals surface area contributed by atoms with Crippen molar-refractivity contribution in [3.05, 3.63) is 0 Å². The zero-order chi connectivity index (χ0) is 7.82. The van der Waals surface area contributed by atoms with Crippen molar-refractivity contribution in [1.29, 1.82) is 0 Å². The van der Waals surface area contributed by atoms with Crippen molar-refractivity contribution < 1.29 is 5.11 Å². The van der Waals surface area contributed by atoms with Gasteiger partial charge in [-0.1, -0.05) is 26.7 Å². The van der Waals surface area contributed by atoms with Gasteiger partial charge < -0.3 is 5.32 Å². The summed E-state index contributed by atoms with van der Waals surface area (Å²) in [6.07, 6.45) is 2.42. The maximum absolute atomic E-state index is 10.0. The van der Waals surface area contributed by atoms with Crippen molar-refractivity contribution in [2.45, 2.75) is 26.7 Å². The lowest BCUT2D eigenvalue weighted by molar-refractivity contribution is 0.192. The standard InChI is InChI=1S/C8H18NO/c1-3-8(4-2)7-9-5-6-10/h8-9H,3-7H2,1-2H3. The molecular formula is C8H18NO. The Kier molecular flexibility index (Phi) is 6.98. The largest absolute Gasteiger partial charge is 0.314 e. The molecule has 0 amide bonds. The van der Waals surface area contributed by atoms with Crippen molar-refractivity contribution in [3.8, 4) is 0 Å². The molecule has 0 fully saturated rings. The SMILES string of the molecule is CCC(CC)CNCC[O]. The highest BCUT2D eigenvalue weighted by Gasteiger charge is 2.00. The molecule has 0 aromatic heterocycles. The minimum absolute atomic E-state index is 0.000147.